The first-order valence-corrected chi connectivity index (χ1v) is 10.5. The van der Waals surface area contributed by atoms with Crippen LogP contribution in [0.2, 0.25) is 0 Å². The Morgan fingerprint density at radius 2 is 1.00 bits per heavy atom. The minimum absolute atomic E-state index is 0. The summed E-state index contributed by atoms with van der Waals surface area (Å²) in [5.74, 6) is -0.929. The van der Waals surface area contributed by atoms with Crippen LogP contribution in [0.25, 0.3) is 0 Å². The second-order valence-corrected chi connectivity index (χ2v) is 8.79. The predicted octanol–water partition coefficient (Wildman–Crippen LogP) is 6.65. The minimum Gasteiger partial charge on any atom is -0.550 e. The van der Waals surface area contributed by atoms with Crippen LogP contribution in [0.3, 0.4) is 0 Å². The summed E-state index contributed by atoms with van der Waals surface area (Å²) in [7, 11) is 0. The third kappa shape index (κ3) is 11.6. The Bertz CT molecular complexity index is 324. The molecule has 0 amide bonds. The molecule has 0 heterocycles. The molecule has 25 heavy (non-hydrogen) atoms. The van der Waals surface area contributed by atoms with Gasteiger partial charge in [-0.2, -0.15) is 0 Å². The summed E-state index contributed by atoms with van der Waals surface area (Å²) in [6.07, 6.45) is 18.5. The lowest BCUT2D eigenvalue weighted by atomic mass is 9.65. The van der Waals surface area contributed by atoms with Crippen LogP contribution in [-0.2, 0) is 4.79 Å². The Morgan fingerprint density at radius 1 is 0.680 bits per heavy atom. The second kappa shape index (κ2) is 14.6. The molecule has 0 radical (unpaired) electrons. The van der Waals surface area contributed by atoms with Gasteiger partial charge in [0.15, 0.2) is 0 Å². The van der Waals surface area contributed by atoms with E-state index in [-0.39, 0.29) is 11.6 Å². The fourth-order valence-corrected chi connectivity index (χ4v) is 3.17. The van der Waals surface area contributed by atoms with Gasteiger partial charge in [-0.25, -0.2) is 0 Å². The summed E-state index contributed by atoms with van der Waals surface area (Å²) in [5, 5.41) is 11.3. The monoisotopic (exact) mass is 357 g/mol. The number of rotatable bonds is 16. The fraction of sp³-hybridized carbons (Fsp3) is 0.955. The lowest BCUT2D eigenvalue weighted by Crippen LogP contribution is -2.47. The number of unbranched alkanes of at least 4 members (excludes halogenated alkanes) is 12. The molecule has 0 atom stereocenters. The van der Waals surface area contributed by atoms with Gasteiger partial charge in [0, 0.05) is 11.4 Å². The molecule has 0 fully saturated rings. The van der Waals surface area contributed by atoms with Crippen LogP contribution in [0.4, 0.5) is 0 Å². The van der Waals surface area contributed by atoms with Crippen molar-refractivity contribution in [2.24, 2.45) is 10.8 Å². The Balaban J connectivity index is 0. The van der Waals surface area contributed by atoms with E-state index in [0.29, 0.717) is 0 Å². The smallest absolute Gasteiger partial charge is 0.0476 e. The highest BCUT2D eigenvalue weighted by atomic mass is 16.4. The summed E-state index contributed by atoms with van der Waals surface area (Å²) in [4.78, 5) is 11.3. The first kappa shape index (κ1) is 26.7. The van der Waals surface area contributed by atoms with E-state index >= 15 is 0 Å². The number of aliphatic carboxylic acids is 1. The van der Waals surface area contributed by atoms with E-state index in [9.17, 15) is 9.90 Å². The van der Waals surface area contributed by atoms with Gasteiger partial charge >= 0.3 is 0 Å². The van der Waals surface area contributed by atoms with Gasteiger partial charge in [0.2, 0.25) is 0 Å². The van der Waals surface area contributed by atoms with Crippen LogP contribution < -0.4 is 11.3 Å². The predicted molar refractivity (Wildman–Crippen MR) is 109 cm³/mol. The van der Waals surface area contributed by atoms with Crippen molar-refractivity contribution in [3.8, 4) is 0 Å². The van der Waals surface area contributed by atoms with E-state index in [0.717, 1.165) is 12.8 Å². The highest BCUT2D eigenvalue weighted by Gasteiger charge is 2.37. The molecule has 152 valence electrons. The van der Waals surface area contributed by atoms with E-state index in [2.05, 4.69) is 20.8 Å². The van der Waals surface area contributed by atoms with Crippen LogP contribution in [0, 0.1) is 10.8 Å². The first-order chi connectivity index (χ1) is 11.3. The molecule has 3 heteroatoms. The average molecular weight is 358 g/mol. The lowest BCUT2D eigenvalue weighted by Gasteiger charge is -2.42. The van der Waals surface area contributed by atoms with Gasteiger partial charge in [-0.1, -0.05) is 118 Å². The number of carboxylic acids is 1. The number of quaternary nitrogens is 1. The molecule has 0 aromatic rings. The van der Waals surface area contributed by atoms with Gasteiger partial charge in [-0.3, -0.25) is 0 Å². The van der Waals surface area contributed by atoms with Crippen molar-refractivity contribution in [3.63, 3.8) is 0 Å². The van der Waals surface area contributed by atoms with Crippen molar-refractivity contribution >= 4 is 5.97 Å². The molecule has 0 aliphatic carbocycles. The number of hydrogen-bond donors (Lipinski definition) is 1. The Kier molecular flexibility index (Phi) is 15.6. The Hall–Kier alpha value is -0.570. The highest BCUT2D eigenvalue weighted by Crippen LogP contribution is 2.42. The molecule has 4 N–H and O–H groups in total. The first-order valence-electron chi connectivity index (χ1n) is 10.5. The van der Waals surface area contributed by atoms with E-state index in [1.807, 2.05) is 0 Å². The molecule has 0 spiro atoms. The second-order valence-electron chi connectivity index (χ2n) is 8.79. The number of carbonyl (C=O) groups excluding carboxylic acids is 1. The molecule has 0 unspecified atom stereocenters. The summed E-state index contributed by atoms with van der Waals surface area (Å²) in [6, 6.07) is 0. The van der Waals surface area contributed by atoms with Crippen molar-refractivity contribution in [1.82, 2.24) is 6.15 Å². The Morgan fingerprint density at radius 3 is 1.32 bits per heavy atom. The van der Waals surface area contributed by atoms with Gasteiger partial charge in [-0.05, 0) is 11.8 Å². The van der Waals surface area contributed by atoms with Crippen molar-refractivity contribution in [2.45, 2.75) is 125 Å². The SMILES string of the molecule is CCCCCCCCCCCCCCCC(C)(C)C(C)(C)C(=O)[O-].[NH4+]. The number of carboxylic acid groups (broad SMARTS) is 1. The van der Waals surface area contributed by atoms with Crippen molar-refractivity contribution in [1.29, 1.82) is 0 Å². The summed E-state index contributed by atoms with van der Waals surface area (Å²) in [5.41, 5.74) is -0.965. The zero-order chi connectivity index (χ0) is 18.5. The average Bonchev–Trinajstić information content (AvgIpc) is 2.51. The van der Waals surface area contributed by atoms with Crippen LogP contribution in [0.1, 0.15) is 125 Å². The molecule has 0 aromatic heterocycles. The summed E-state index contributed by atoms with van der Waals surface area (Å²) in [6.45, 7) is 9.98. The Labute approximate surface area is 157 Å². The molecule has 0 saturated carbocycles. The van der Waals surface area contributed by atoms with E-state index in [4.69, 9.17) is 0 Å². The molecule has 0 rings (SSSR count). The molecule has 0 saturated heterocycles. The minimum atomic E-state index is -0.929. The van der Waals surface area contributed by atoms with Gasteiger partial charge in [-0.15, -0.1) is 0 Å². The largest absolute Gasteiger partial charge is 0.550 e. The van der Waals surface area contributed by atoms with E-state index in [1.54, 1.807) is 13.8 Å². The van der Waals surface area contributed by atoms with E-state index < -0.39 is 11.4 Å². The summed E-state index contributed by atoms with van der Waals surface area (Å²) >= 11 is 0. The maximum atomic E-state index is 11.3. The van der Waals surface area contributed by atoms with Gasteiger partial charge in [0.25, 0.3) is 0 Å². The number of carbonyl (C=O) groups is 1. The molecular formula is C22H47NO2. The lowest BCUT2D eigenvalue weighted by molar-refractivity contribution is -0.323. The standard InChI is InChI=1S/C22H44O2.H3N/c1-6-7-8-9-10-11-12-13-14-15-16-17-18-19-21(2,3)22(4,5)20(23)24;/h6-19H2,1-5H3,(H,23,24);1H3. The van der Waals surface area contributed by atoms with E-state index in [1.165, 1.54) is 77.0 Å². The normalized spacial score (nSPS) is 12.0. The van der Waals surface area contributed by atoms with Crippen LogP contribution in [-0.4, -0.2) is 5.97 Å². The summed E-state index contributed by atoms with van der Waals surface area (Å²) < 4.78 is 0. The molecular weight excluding hydrogens is 310 g/mol. The molecule has 0 aliphatic heterocycles. The van der Waals surface area contributed by atoms with Crippen LogP contribution in [0.5, 0.6) is 0 Å². The van der Waals surface area contributed by atoms with Gasteiger partial charge in [0.1, 0.15) is 0 Å². The third-order valence-electron chi connectivity index (χ3n) is 6.11. The zero-order valence-electron chi connectivity index (χ0n) is 18.2. The molecule has 3 nitrogen and oxygen atoms in total. The van der Waals surface area contributed by atoms with Crippen LogP contribution in [0.15, 0.2) is 0 Å². The molecule has 0 bridgehead atoms. The van der Waals surface area contributed by atoms with Crippen molar-refractivity contribution in [2.75, 3.05) is 0 Å². The van der Waals surface area contributed by atoms with Crippen LogP contribution >= 0.6 is 0 Å². The zero-order valence-corrected chi connectivity index (χ0v) is 18.2. The topological polar surface area (TPSA) is 76.6 Å². The van der Waals surface area contributed by atoms with Gasteiger partial charge < -0.3 is 16.1 Å². The fourth-order valence-electron chi connectivity index (χ4n) is 3.17. The highest BCUT2D eigenvalue weighted by molar-refractivity contribution is 5.72. The van der Waals surface area contributed by atoms with Crippen molar-refractivity contribution in [3.05, 3.63) is 0 Å². The molecule has 0 aromatic carbocycles. The maximum Gasteiger partial charge on any atom is 0.0476 e. The number of hydrogen-bond acceptors (Lipinski definition) is 2. The third-order valence-corrected chi connectivity index (χ3v) is 6.11. The van der Waals surface area contributed by atoms with Gasteiger partial charge in [0.05, 0.1) is 0 Å². The maximum absolute atomic E-state index is 11.3. The quantitative estimate of drug-likeness (QED) is 0.314. The van der Waals surface area contributed by atoms with Crippen molar-refractivity contribution < 1.29 is 9.90 Å². The molecule has 0 aliphatic rings.